The first-order valence-electron chi connectivity index (χ1n) is 8.67. The second-order valence-electron chi connectivity index (χ2n) is 6.52. The van der Waals surface area contributed by atoms with Crippen LogP contribution in [0.1, 0.15) is 18.4 Å². The van der Waals surface area contributed by atoms with Crippen molar-refractivity contribution in [1.29, 1.82) is 0 Å². The summed E-state index contributed by atoms with van der Waals surface area (Å²) in [5.74, 6) is 0.793. The minimum absolute atomic E-state index is 0.0381. The average Bonchev–Trinajstić information content (AvgIpc) is 3.16. The lowest BCUT2D eigenvalue weighted by Crippen LogP contribution is -2.33. The summed E-state index contributed by atoms with van der Waals surface area (Å²) in [6, 6.07) is 16.0. The van der Waals surface area contributed by atoms with Crippen LogP contribution in [0.2, 0.25) is 0 Å². The Balaban J connectivity index is 1.49. The SMILES string of the molecule is O=C(Nc1ccccc1N1CCCC1)[C@@H]1COc2ccccc2C1. The van der Waals surface area contributed by atoms with Gasteiger partial charge in [0.2, 0.25) is 5.91 Å². The molecule has 124 valence electrons. The molecule has 4 rings (SSSR count). The predicted octanol–water partition coefficient (Wildman–Crippen LogP) is 3.48. The summed E-state index contributed by atoms with van der Waals surface area (Å²) < 4.78 is 5.75. The molecule has 2 heterocycles. The van der Waals surface area contributed by atoms with E-state index in [-0.39, 0.29) is 11.8 Å². The smallest absolute Gasteiger partial charge is 0.231 e. The van der Waals surface area contributed by atoms with Gasteiger partial charge in [-0.2, -0.15) is 0 Å². The van der Waals surface area contributed by atoms with Crippen molar-refractivity contribution < 1.29 is 9.53 Å². The maximum Gasteiger partial charge on any atom is 0.231 e. The molecule has 4 nitrogen and oxygen atoms in total. The van der Waals surface area contributed by atoms with Crippen molar-refractivity contribution in [3.05, 3.63) is 54.1 Å². The molecule has 2 aliphatic heterocycles. The number of fused-ring (bicyclic) bond motifs is 1. The first-order chi connectivity index (χ1) is 11.8. The molecule has 0 radical (unpaired) electrons. The van der Waals surface area contributed by atoms with E-state index in [4.69, 9.17) is 4.74 Å². The van der Waals surface area contributed by atoms with Crippen LogP contribution in [0.25, 0.3) is 0 Å². The van der Waals surface area contributed by atoms with Gasteiger partial charge in [-0.25, -0.2) is 0 Å². The Morgan fingerprint density at radius 1 is 1.04 bits per heavy atom. The van der Waals surface area contributed by atoms with Gasteiger partial charge in [0.1, 0.15) is 12.4 Å². The van der Waals surface area contributed by atoms with Crippen LogP contribution in [-0.2, 0) is 11.2 Å². The number of anilines is 2. The van der Waals surface area contributed by atoms with E-state index in [9.17, 15) is 4.79 Å². The van der Waals surface area contributed by atoms with Crippen LogP contribution in [0.5, 0.6) is 5.75 Å². The van der Waals surface area contributed by atoms with Gasteiger partial charge in [0, 0.05) is 13.1 Å². The fourth-order valence-corrected chi connectivity index (χ4v) is 3.54. The van der Waals surface area contributed by atoms with Gasteiger partial charge in [0.15, 0.2) is 0 Å². The second kappa shape index (κ2) is 6.56. The number of nitrogens with zero attached hydrogens (tertiary/aromatic N) is 1. The monoisotopic (exact) mass is 322 g/mol. The number of hydrogen-bond acceptors (Lipinski definition) is 3. The lowest BCUT2D eigenvalue weighted by molar-refractivity contribution is -0.121. The third-order valence-corrected chi connectivity index (χ3v) is 4.86. The van der Waals surface area contributed by atoms with Crippen molar-refractivity contribution >= 4 is 17.3 Å². The number of carbonyl (C=O) groups is 1. The highest BCUT2D eigenvalue weighted by molar-refractivity contribution is 5.96. The molecule has 1 amide bonds. The highest BCUT2D eigenvalue weighted by atomic mass is 16.5. The van der Waals surface area contributed by atoms with E-state index in [0.717, 1.165) is 42.2 Å². The number of hydrogen-bond donors (Lipinski definition) is 1. The van der Waals surface area contributed by atoms with Gasteiger partial charge in [-0.3, -0.25) is 4.79 Å². The maximum atomic E-state index is 12.7. The lowest BCUT2D eigenvalue weighted by Gasteiger charge is -2.26. The van der Waals surface area contributed by atoms with E-state index in [1.807, 2.05) is 42.5 Å². The minimum Gasteiger partial charge on any atom is -0.492 e. The van der Waals surface area contributed by atoms with Crippen LogP contribution in [0.15, 0.2) is 48.5 Å². The standard InChI is InChI=1S/C20H22N2O2/c23-20(16-13-15-7-1-4-10-19(15)24-14-16)21-17-8-2-3-9-18(17)22-11-5-6-12-22/h1-4,7-10,16H,5-6,11-14H2,(H,21,23)/t16-/m0/s1. The van der Waals surface area contributed by atoms with Crippen LogP contribution >= 0.6 is 0 Å². The highest BCUT2D eigenvalue weighted by Crippen LogP contribution is 2.31. The summed E-state index contributed by atoms with van der Waals surface area (Å²) in [4.78, 5) is 15.1. The van der Waals surface area contributed by atoms with E-state index in [2.05, 4.69) is 16.3 Å². The quantitative estimate of drug-likeness (QED) is 0.941. The Bertz CT molecular complexity index is 738. The molecular weight excluding hydrogens is 300 g/mol. The zero-order valence-corrected chi connectivity index (χ0v) is 13.7. The Labute approximate surface area is 142 Å². The number of rotatable bonds is 3. The van der Waals surface area contributed by atoms with Crippen LogP contribution in [0.3, 0.4) is 0 Å². The molecule has 0 unspecified atom stereocenters. The molecule has 0 bridgehead atoms. The summed E-state index contributed by atoms with van der Waals surface area (Å²) >= 11 is 0. The van der Waals surface area contributed by atoms with E-state index >= 15 is 0 Å². The van der Waals surface area contributed by atoms with Gasteiger partial charge in [-0.1, -0.05) is 30.3 Å². The molecule has 2 aliphatic rings. The van der Waals surface area contributed by atoms with Gasteiger partial charge in [-0.05, 0) is 43.0 Å². The molecule has 0 saturated carbocycles. The molecule has 1 fully saturated rings. The molecule has 1 saturated heterocycles. The highest BCUT2D eigenvalue weighted by Gasteiger charge is 2.26. The van der Waals surface area contributed by atoms with E-state index in [0.29, 0.717) is 6.61 Å². The van der Waals surface area contributed by atoms with Gasteiger partial charge >= 0.3 is 0 Å². The van der Waals surface area contributed by atoms with E-state index in [1.54, 1.807) is 0 Å². The predicted molar refractivity (Wildman–Crippen MR) is 95.6 cm³/mol. The Hall–Kier alpha value is -2.49. The normalized spacial score (nSPS) is 19.5. The van der Waals surface area contributed by atoms with Crippen molar-refractivity contribution in [2.24, 2.45) is 5.92 Å². The van der Waals surface area contributed by atoms with Gasteiger partial charge < -0.3 is 15.0 Å². The molecule has 1 N–H and O–H groups in total. The van der Waals surface area contributed by atoms with Gasteiger partial charge in [-0.15, -0.1) is 0 Å². The minimum atomic E-state index is -0.147. The number of nitrogens with one attached hydrogen (secondary N) is 1. The van der Waals surface area contributed by atoms with E-state index < -0.39 is 0 Å². The third-order valence-electron chi connectivity index (χ3n) is 4.86. The lowest BCUT2D eigenvalue weighted by atomic mass is 9.96. The molecule has 0 aliphatic carbocycles. The molecule has 4 heteroatoms. The van der Waals surface area contributed by atoms with Crippen LogP contribution < -0.4 is 15.0 Å². The molecule has 0 aromatic heterocycles. The van der Waals surface area contributed by atoms with Gasteiger partial charge in [0.05, 0.1) is 17.3 Å². The van der Waals surface area contributed by atoms with Crippen molar-refractivity contribution in [3.63, 3.8) is 0 Å². The van der Waals surface area contributed by atoms with Crippen molar-refractivity contribution in [2.75, 3.05) is 29.9 Å². The first-order valence-corrected chi connectivity index (χ1v) is 8.67. The number of carbonyl (C=O) groups excluding carboxylic acids is 1. The zero-order valence-electron chi connectivity index (χ0n) is 13.7. The second-order valence-corrected chi connectivity index (χ2v) is 6.52. The summed E-state index contributed by atoms with van der Waals surface area (Å²) in [5, 5.41) is 3.13. The molecule has 2 aromatic carbocycles. The number of amides is 1. The summed E-state index contributed by atoms with van der Waals surface area (Å²) in [7, 11) is 0. The molecule has 2 aromatic rings. The van der Waals surface area contributed by atoms with Crippen molar-refractivity contribution in [3.8, 4) is 5.75 Å². The van der Waals surface area contributed by atoms with Gasteiger partial charge in [0.25, 0.3) is 0 Å². The molecular formula is C20H22N2O2. The van der Waals surface area contributed by atoms with Crippen LogP contribution in [0, 0.1) is 5.92 Å². The Morgan fingerprint density at radius 2 is 1.79 bits per heavy atom. The average molecular weight is 322 g/mol. The number of para-hydroxylation sites is 3. The first kappa shape index (κ1) is 15.1. The molecule has 24 heavy (non-hydrogen) atoms. The Morgan fingerprint density at radius 3 is 2.67 bits per heavy atom. The van der Waals surface area contributed by atoms with Crippen LogP contribution in [-0.4, -0.2) is 25.6 Å². The zero-order chi connectivity index (χ0) is 16.4. The maximum absolute atomic E-state index is 12.7. The van der Waals surface area contributed by atoms with E-state index in [1.165, 1.54) is 12.8 Å². The fraction of sp³-hybridized carbons (Fsp3) is 0.350. The van der Waals surface area contributed by atoms with Crippen molar-refractivity contribution in [2.45, 2.75) is 19.3 Å². The summed E-state index contributed by atoms with van der Waals surface area (Å²) in [5.41, 5.74) is 3.14. The number of ether oxygens (including phenoxy) is 1. The van der Waals surface area contributed by atoms with Crippen molar-refractivity contribution in [1.82, 2.24) is 0 Å². The molecule has 1 atom stereocenters. The topological polar surface area (TPSA) is 41.6 Å². The summed E-state index contributed by atoms with van der Waals surface area (Å²) in [6.07, 6.45) is 3.17. The Kier molecular flexibility index (Phi) is 4.11. The molecule has 0 spiro atoms. The number of benzene rings is 2. The van der Waals surface area contributed by atoms with Crippen LogP contribution in [0.4, 0.5) is 11.4 Å². The third kappa shape index (κ3) is 2.96. The fourth-order valence-electron chi connectivity index (χ4n) is 3.54. The largest absolute Gasteiger partial charge is 0.492 e. The summed E-state index contributed by atoms with van der Waals surface area (Å²) in [6.45, 7) is 2.56.